The van der Waals surface area contributed by atoms with Crippen LogP contribution < -0.4 is 0 Å². The van der Waals surface area contributed by atoms with Crippen LogP contribution in [0.15, 0.2) is 200 Å². The number of benzene rings is 9. The van der Waals surface area contributed by atoms with Crippen molar-refractivity contribution >= 4 is 54.1 Å². The van der Waals surface area contributed by atoms with E-state index in [0.29, 0.717) is 5.82 Å². The predicted octanol–water partition coefficient (Wildman–Crippen LogP) is 13.7. The van der Waals surface area contributed by atoms with Crippen molar-refractivity contribution in [2.75, 3.05) is 0 Å². The molecule has 0 fully saturated rings. The molecule has 2 aromatic heterocycles. The van der Waals surface area contributed by atoms with Gasteiger partial charge >= 0.3 is 0 Å². The van der Waals surface area contributed by atoms with Crippen LogP contribution in [0.1, 0.15) is 0 Å². The van der Waals surface area contributed by atoms with Crippen molar-refractivity contribution in [3.8, 4) is 50.7 Å². The molecule has 0 radical (unpaired) electrons. The molecule has 0 amide bonds. The lowest BCUT2D eigenvalue weighted by atomic mass is 9.95. The second-order valence-corrected chi connectivity index (χ2v) is 14.2. The Bertz CT molecular complexity index is 3180. The largest absolute Gasteiger partial charge is 0.309 e. The molecule has 11 rings (SSSR count). The highest BCUT2D eigenvalue weighted by Crippen LogP contribution is 2.39. The fraction of sp³-hybridized carbons (Fsp3) is 0. The summed E-state index contributed by atoms with van der Waals surface area (Å²) in [6, 6.07) is 71.6. The van der Waals surface area contributed by atoms with Crippen molar-refractivity contribution in [1.82, 2.24) is 14.5 Å². The van der Waals surface area contributed by atoms with Gasteiger partial charge in [-0.25, -0.2) is 9.97 Å². The van der Waals surface area contributed by atoms with Gasteiger partial charge in [0.2, 0.25) is 0 Å². The van der Waals surface area contributed by atoms with E-state index in [0.717, 1.165) is 33.8 Å². The Labute approximate surface area is 318 Å². The molecule has 256 valence electrons. The number of aromatic nitrogens is 3. The first-order chi connectivity index (χ1) is 27.2. The highest BCUT2D eigenvalue weighted by Gasteiger charge is 2.17. The van der Waals surface area contributed by atoms with Crippen molar-refractivity contribution in [1.29, 1.82) is 0 Å². The number of para-hydroxylation sites is 1. The zero-order valence-electron chi connectivity index (χ0n) is 29.9. The first kappa shape index (κ1) is 31.2. The molecule has 0 saturated heterocycles. The molecule has 0 aliphatic rings. The normalized spacial score (nSPS) is 11.6. The maximum Gasteiger partial charge on any atom is 0.160 e. The lowest BCUT2D eigenvalue weighted by molar-refractivity contribution is 1.16. The van der Waals surface area contributed by atoms with Gasteiger partial charge in [0.25, 0.3) is 0 Å². The Balaban J connectivity index is 1.04. The third-order valence-corrected chi connectivity index (χ3v) is 11.0. The molecule has 0 N–H and O–H groups in total. The third-order valence-electron chi connectivity index (χ3n) is 11.0. The second-order valence-electron chi connectivity index (χ2n) is 14.2. The maximum absolute atomic E-state index is 5.07. The van der Waals surface area contributed by atoms with Gasteiger partial charge in [-0.3, -0.25) is 0 Å². The molecule has 55 heavy (non-hydrogen) atoms. The summed E-state index contributed by atoms with van der Waals surface area (Å²) in [6.07, 6.45) is 0. The van der Waals surface area contributed by atoms with E-state index in [2.05, 4.69) is 193 Å². The molecular formula is C52H33N3. The quantitative estimate of drug-likeness (QED) is 0.167. The van der Waals surface area contributed by atoms with Gasteiger partial charge in [-0.1, -0.05) is 146 Å². The first-order valence-electron chi connectivity index (χ1n) is 18.7. The van der Waals surface area contributed by atoms with Crippen LogP contribution in [0.25, 0.3) is 105 Å². The van der Waals surface area contributed by atoms with E-state index in [9.17, 15) is 0 Å². The summed E-state index contributed by atoms with van der Waals surface area (Å²) < 4.78 is 2.39. The van der Waals surface area contributed by atoms with E-state index in [4.69, 9.17) is 9.97 Å². The van der Waals surface area contributed by atoms with E-state index < -0.39 is 0 Å². The maximum atomic E-state index is 5.07. The summed E-state index contributed by atoms with van der Waals surface area (Å²) >= 11 is 0. The predicted molar refractivity (Wildman–Crippen MR) is 231 cm³/mol. The summed E-state index contributed by atoms with van der Waals surface area (Å²) in [5.41, 5.74) is 10.8. The summed E-state index contributed by atoms with van der Waals surface area (Å²) in [7, 11) is 0. The van der Waals surface area contributed by atoms with Gasteiger partial charge in [0.15, 0.2) is 5.82 Å². The summed E-state index contributed by atoms with van der Waals surface area (Å²) in [4.78, 5) is 10.1. The van der Waals surface area contributed by atoms with E-state index in [1.165, 1.54) is 65.3 Å². The van der Waals surface area contributed by atoms with Crippen LogP contribution in [-0.2, 0) is 0 Å². The summed E-state index contributed by atoms with van der Waals surface area (Å²) in [6.45, 7) is 0. The zero-order valence-corrected chi connectivity index (χ0v) is 29.9. The number of fused-ring (bicyclic) bond motifs is 8. The Kier molecular flexibility index (Phi) is 7.17. The van der Waals surface area contributed by atoms with Gasteiger partial charge in [0, 0.05) is 33.2 Å². The molecule has 9 aromatic carbocycles. The number of nitrogens with zero attached hydrogens (tertiary/aromatic N) is 3. The highest BCUT2D eigenvalue weighted by molar-refractivity contribution is 6.22. The van der Waals surface area contributed by atoms with Crippen molar-refractivity contribution in [3.63, 3.8) is 0 Å². The molecule has 0 aliphatic carbocycles. The van der Waals surface area contributed by atoms with Gasteiger partial charge in [-0.15, -0.1) is 0 Å². The summed E-state index contributed by atoms with van der Waals surface area (Å²) in [5.74, 6) is 0.703. The molecule has 3 heteroatoms. The minimum absolute atomic E-state index is 0.703. The monoisotopic (exact) mass is 699 g/mol. The Morgan fingerprint density at radius 2 is 0.818 bits per heavy atom. The second kappa shape index (κ2) is 12.6. The molecule has 0 bridgehead atoms. The SMILES string of the molecule is c1ccc(-c2cc(-c3ccccc3)nc(-c3ccc(-n4c5ccccc5c5c6cc(-c7ccc8ccc9ccccc9c8c7)ccc6ccc54)cc3)n2)cc1. The smallest absolute Gasteiger partial charge is 0.160 e. The fourth-order valence-electron chi connectivity index (χ4n) is 8.28. The molecule has 0 atom stereocenters. The van der Waals surface area contributed by atoms with Crippen LogP contribution in [0.3, 0.4) is 0 Å². The molecule has 3 nitrogen and oxygen atoms in total. The molecule has 2 heterocycles. The van der Waals surface area contributed by atoms with Crippen LogP contribution in [0.5, 0.6) is 0 Å². The number of hydrogen-bond donors (Lipinski definition) is 0. The zero-order chi connectivity index (χ0) is 36.3. The molecule has 0 spiro atoms. The van der Waals surface area contributed by atoms with E-state index in [1.807, 2.05) is 12.1 Å². The van der Waals surface area contributed by atoms with Gasteiger partial charge < -0.3 is 4.57 Å². The van der Waals surface area contributed by atoms with Crippen LogP contribution in [0.4, 0.5) is 0 Å². The first-order valence-corrected chi connectivity index (χ1v) is 18.7. The number of hydrogen-bond acceptors (Lipinski definition) is 2. The molecule has 0 saturated carbocycles. The third kappa shape index (κ3) is 5.28. The lowest BCUT2D eigenvalue weighted by Crippen LogP contribution is -1.97. The van der Waals surface area contributed by atoms with Gasteiger partial charge in [0.1, 0.15) is 0 Å². The van der Waals surface area contributed by atoms with Crippen molar-refractivity contribution < 1.29 is 0 Å². The fourth-order valence-corrected chi connectivity index (χ4v) is 8.28. The number of rotatable bonds is 5. The Morgan fingerprint density at radius 3 is 1.51 bits per heavy atom. The minimum Gasteiger partial charge on any atom is -0.309 e. The van der Waals surface area contributed by atoms with E-state index in [-0.39, 0.29) is 0 Å². The topological polar surface area (TPSA) is 30.7 Å². The van der Waals surface area contributed by atoms with Crippen LogP contribution in [0, 0.1) is 0 Å². The van der Waals surface area contributed by atoms with Crippen molar-refractivity contribution in [2.24, 2.45) is 0 Å². The van der Waals surface area contributed by atoms with Gasteiger partial charge in [0.05, 0.1) is 22.4 Å². The Hall–Kier alpha value is -7.36. The van der Waals surface area contributed by atoms with Crippen molar-refractivity contribution in [2.45, 2.75) is 0 Å². The van der Waals surface area contributed by atoms with E-state index in [1.54, 1.807) is 0 Å². The molecule has 0 aliphatic heterocycles. The average Bonchev–Trinajstić information content (AvgIpc) is 3.61. The molecule has 0 unspecified atom stereocenters. The Morgan fingerprint density at radius 1 is 0.309 bits per heavy atom. The van der Waals surface area contributed by atoms with Crippen LogP contribution in [0.2, 0.25) is 0 Å². The van der Waals surface area contributed by atoms with Crippen LogP contribution in [-0.4, -0.2) is 14.5 Å². The van der Waals surface area contributed by atoms with Crippen LogP contribution >= 0.6 is 0 Å². The summed E-state index contributed by atoms with van der Waals surface area (Å²) in [5, 5.41) is 10.1. The molecule has 11 aromatic rings. The lowest BCUT2D eigenvalue weighted by Gasteiger charge is -2.12. The standard InChI is InChI=1S/C52H33N3/c1-3-12-37(13-4-1)47-33-48(38-14-5-2-6-15-38)54-52(53-47)39-25-28-42(29-26-39)55-49-18-10-9-17-44(49)51-46-32-41(24-22-36(46)27-30-50(51)55)40-23-21-35-20-19-34-11-7-8-16-43(34)45(35)31-40/h1-33H. The van der Waals surface area contributed by atoms with Gasteiger partial charge in [-0.05, 0) is 98.0 Å². The molecular weight excluding hydrogens is 667 g/mol. The highest BCUT2D eigenvalue weighted by atomic mass is 15.0. The average molecular weight is 700 g/mol. The minimum atomic E-state index is 0.703. The van der Waals surface area contributed by atoms with Crippen molar-refractivity contribution in [3.05, 3.63) is 200 Å². The van der Waals surface area contributed by atoms with Gasteiger partial charge in [-0.2, -0.15) is 0 Å². The van der Waals surface area contributed by atoms with E-state index >= 15 is 0 Å².